The summed E-state index contributed by atoms with van der Waals surface area (Å²) in [4.78, 5) is 21.0. The first-order valence-electron chi connectivity index (χ1n) is 8.29. The third kappa shape index (κ3) is 3.81. The zero-order valence-corrected chi connectivity index (χ0v) is 15.3. The van der Waals surface area contributed by atoms with Gasteiger partial charge >= 0.3 is 5.69 Å². The van der Waals surface area contributed by atoms with Crippen molar-refractivity contribution in [1.29, 1.82) is 0 Å². The highest BCUT2D eigenvalue weighted by Gasteiger charge is 2.14. The van der Waals surface area contributed by atoms with Gasteiger partial charge in [-0.05, 0) is 24.6 Å². The van der Waals surface area contributed by atoms with E-state index in [2.05, 4.69) is 15.1 Å². The van der Waals surface area contributed by atoms with E-state index in [1.54, 1.807) is 25.4 Å². The summed E-state index contributed by atoms with van der Waals surface area (Å²) in [7, 11) is 1.54. The number of hydrogen-bond acceptors (Lipinski definition) is 6. The minimum Gasteiger partial charge on any atom is -0.481 e. The third-order valence-corrected chi connectivity index (χ3v) is 4.15. The summed E-state index contributed by atoms with van der Waals surface area (Å²) in [5, 5.41) is 3.88. The maximum Gasteiger partial charge on any atom is 0.351 e. The average molecular weight is 388 g/mol. The van der Waals surface area contributed by atoms with Crippen LogP contribution in [-0.4, -0.2) is 38.0 Å². The fraction of sp³-hybridized carbons (Fsp3) is 0.222. The summed E-state index contributed by atoms with van der Waals surface area (Å²) in [5.74, 6) is 0.861. The van der Waals surface area contributed by atoms with Crippen LogP contribution in [0.1, 0.15) is 5.56 Å². The number of nitrogens with two attached hydrogens (primary N) is 1. The quantitative estimate of drug-likeness (QED) is 0.692. The molecular weight excluding hydrogens is 370 g/mol. The van der Waals surface area contributed by atoms with E-state index < -0.39 is 11.8 Å². The summed E-state index contributed by atoms with van der Waals surface area (Å²) >= 11 is 0. The van der Waals surface area contributed by atoms with Crippen LogP contribution in [0.5, 0.6) is 5.88 Å². The van der Waals surface area contributed by atoms with Crippen LogP contribution in [0, 0.1) is 6.92 Å². The Balaban J connectivity index is 1.92. The van der Waals surface area contributed by atoms with E-state index in [-0.39, 0.29) is 18.7 Å². The molecule has 3 aromatic heterocycles. The fourth-order valence-electron chi connectivity index (χ4n) is 2.62. The largest absolute Gasteiger partial charge is 0.481 e. The Bertz CT molecular complexity index is 1070. The molecule has 10 heteroatoms. The molecule has 0 aliphatic rings. The molecule has 0 spiro atoms. The molecule has 0 fully saturated rings. The molecule has 0 bridgehead atoms. The summed E-state index contributed by atoms with van der Waals surface area (Å²) in [6, 6.07) is 5.43. The zero-order valence-electron chi connectivity index (χ0n) is 15.3. The molecule has 3 aromatic rings. The molecule has 0 radical (unpaired) electrons. The smallest absolute Gasteiger partial charge is 0.351 e. The van der Waals surface area contributed by atoms with Gasteiger partial charge in [0, 0.05) is 41.7 Å². The van der Waals surface area contributed by atoms with Crippen molar-refractivity contribution in [2.75, 3.05) is 13.7 Å². The Hall–Kier alpha value is -3.40. The average Bonchev–Trinajstić information content (AvgIpc) is 3.06. The molecular formula is C18H18F2N6O2. The van der Waals surface area contributed by atoms with Gasteiger partial charge in [0.25, 0.3) is 6.08 Å². The highest BCUT2D eigenvalue weighted by molar-refractivity contribution is 5.63. The maximum absolute atomic E-state index is 12.8. The van der Waals surface area contributed by atoms with Crippen molar-refractivity contribution < 1.29 is 13.5 Å². The van der Waals surface area contributed by atoms with E-state index in [0.717, 1.165) is 15.8 Å². The second-order valence-electron chi connectivity index (χ2n) is 5.96. The topological polar surface area (TPSA) is 101 Å². The fourth-order valence-corrected chi connectivity index (χ4v) is 2.62. The Morgan fingerprint density at radius 1 is 1.21 bits per heavy atom. The van der Waals surface area contributed by atoms with Crippen LogP contribution in [0.15, 0.2) is 53.4 Å². The van der Waals surface area contributed by atoms with Crippen LogP contribution >= 0.6 is 0 Å². The number of rotatable bonds is 6. The van der Waals surface area contributed by atoms with Gasteiger partial charge in [0.2, 0.25) is 5.88 Å². The van der Waals surface area contributed by atoms with Gasteiger partial charge in [0.05, 0.1) is 13.7 Å². The van der Waals surface area contributed by atoms with E-state index in [1.807, 2.05) is 12.1 Å². The molecule has 3 rings (SSSR count). The molecule has 146 valence electrons. The van der Waals surface area contributed by atoms with Crippen molar-refractivity contribution >= 4 is 0 Å². The van der Waals surface area contributed by atoms with Gasteiger partial charge in [0.15, 0.2) is 0 Å². The van der Waals surface area contributed by atoms with Gasteiger partial charge in [-0.3, -0.25) is 0 Å². The van der Waals surface area contributed by atoms with Crippen molar-refractivity contribution in [3.05, 3.63) is 64.6 Å². The molecule has 0 saturated carbocycles. The molecule has 0 aromatic carbocycles. The van der Waals surface area contributed by atoms with E-state index >= 15 is 0 Å². The zero-order chi connectivity index (χ0) is 20.3. The number of halogens is 2. The minimum absolute atomic E-state index is 0.348. The molecule has 0 saturated heterocycles. The monoisotopic (exact) mass is 388 g/mol. The summed E-state index contributed by atoms with van der Waals surface area (Å²) in [5.41, 5.74) is 6.72. The van der Waals surface area contributed by atoms with Crippen LogP contribution in [0.3, 0.4) is 0 Å². The van der Waals surface area contributed by atoms with Gasteiger partial charge in [0.1, 0.15) is 12.1 Å². The maximum atomic E-state index is 12.8. The third-order valence-electron chi connectivity index (χ3n) is 4.15. The SMILES string of the molecule is COc1ccc(-c2cnc(-n3cnn(CC(CN)=C(F)F)c3=O)c(C)c2)cn1. The summed E-state index contributed by atoms with van der Waals surface area (Å²) in [6.45, 7) is 1.06. The van der Waals surface area contributed by atoms with Crippen molar-refractivity contribution in [1.82, 2.24) is 24.3 Å². The predicted molar refractivity (Wildman–Crippen MR) is 98.4 cm³/mol. The molecule has 3 heterocycles. The Morgan fingerprint density at radius 2 is 1.96 bits per heavy atom. The second-order valence-corrected chi connectivity index (χ2v) is 5.96. The summed E-state index contributed by atoms with van der Waals surface area (Å²) in [6.07, 6.45) is 2.60. The molecule has 2 N–H and O–H groups in total. The van der Waals surface area contributed by atoms with E-state index in [1.165, 1.54) is 18.0 Å². The molecule has 8 nitrogen and oxygen atoms in total. The second kappa shape index (κ2) is 8.09. The first-order valence-corrected chi connectivity index (χ1v) is 8.29. The number of methoxy groups -OCH3 is 1. The molecule has 0 aliphatic heterocycles. The van der Waals surface area contributed by atoms with Gasteiger partial charge in [-0.15, -0.1) is 0 Å². The first kappa shape index (κ1) is 19.4. The Labute approximate surface area is 158 Å². The highest BCUT2D eigenvalue weighted by atomic mass is 19.3. The normalized spacial score (nSPS) is 10.8. The van der Waals surface area contributed by atoms with Crippen LogP contribution in [0.2, 0.25) is 0 Å². The lowest BCUT2D eigenvalue weighted by atomic mass is 10.1. The Kier molecular flexibility index (Phi) is 5.59. The van der Waals surface area contributed by atoms with Crippen LogP contribution < -0.4 is 16.2 Å². The van der Waals surface area contributed by atoms with Crippen molar-refractivity contribution in [2.24, 2.45) is 5.73 Å². The van der Waals surface area contributed by atoms with Gasteiger partial charge in [-0.2, -0.15) is 13.9 Å². The van der Waals surface area contributed by atoms with Crippen LogP contribution in [-0.2, 0) is 6.54 Å². The van der Waals surface area contributed by atoms with Gasteiger partial charge in [-0.1, -0.05) is 0 Å². The van der Waals surface area contributed by atoms with Crippen molar-refractivity contribution in [2.45, 2.75) is 13.5 Å². The number of pyridine rings is 2. The number of ether oxygens (including phenoxy) is 1. The first-order chi connectivity index (χ1) is 13.4. The lowest BCUT2D eigenvalue weighted by Crippen LogP contribution is -2.27. The number of aryl methyl sites for hydroxylation is 1. The van der Waals surface area contributed by atoms with Crippen molar-refractivity contribution in [3.8, 4) is 22.8 Å². The predicted octanol–water partition coefficient (Wildman–Crippen LogP) is 1.92. The van der Waals surface area contributed by atoms with E-state index in [4.69, 9.17) is 10.5 Å². The van der Waals surface area contributed by atoms with E-state index in [9.17, 15) is 13.6 Å². The summed E-state index contributed by atoms with van der Waals surface area (Å²) < 4.78 is 32.7. The van der Waals surface area contributed by atoms with Gasteiger partial charge in [-0.25, -0.2) is 24.0 Å². The van der Waals surface area contributed by atoms with Gasteiger partial charge < -0.3 is 10.5 Å². The van der Waals surface area contributed by atoms with E-state index in [0.29, 0.717) is 17.3 Å². The van der Waals surface area contributed by atoms with Crippen molar-refractivity contribution in [3.63, 3.8) is 0 Å². The Morgan fingerprint density at radius 3 is 2.54 bits per heavy atom. The molecule has 0 unspecified atom stereocenters. The van der Waals surface area contributed by atoms with Crippen LogP contribution in [0.25, 0.3) is 16.9 Å². The molecule has 28 heavy (non-hydrogen) atoms. The molecule has 0 amide bonds. The lowest BCUT2D eigenvalue weighted by molar-refractivity contribution is 0.398. The molecule has 0 atom stereocenters. The number of hydrogen-bond donors (Lipinski definition) is 1. The standard InChI is InChI=1S/C18H18F2N6O2/c1-11-5-13(12-3-4-15(28-2)22-7-12)8-23-17(11)25-10-24-26(18(25)27)9-14(6-21)16(19)20/h3-5,7-8,10H,6,9,21H2,1-2H3. The number of aromatic nitrogens is 5. The highest BCUT2D eigenvalue weighted by Crippen LogP contribution is 2.22. The number of nitrogens with zero attached hydrogens (tertiary/aromatic N) is 5. The molecule has 0 aliphatic carbocycles. The lowest BCUT2D eigenvalue weighted by Gasteiger charge is -2.08. The van der Waals surface area contributed by atoms with Crippen LogP contribution in [0.4, 0.5) is 8.78 Å². The minimum atomic E-state index is -1.91.